The molecule has 1 aliphatic heterocycles. The van der Waals surface area contributed by atoms with E-state index in [1.165, 1.54) is 0 Å². The van der Waals surface area contributed by atoms with Crippen LogP contribution in [0.1, 0.15) is 18.7 Å². The molecule has 2 atom stereocenters. The number of nitrogens with one attached hydrogen (secondary N) is 1. The number of rotatable bonds is 4. The van der Waals surface area contributed by atoms with Crippen molar-refractivity contribution in [3.05, 3.63) is 22.4 Å². The van der Waals surface area contributed by atoms with Gasteiger partial charge in [-0.15, -0.1) is 0 Å². The summed E-state index contributed by atoms with van der Waals surface area (Å²) in [5.74, 6) is 0.139. The second-order valence-corrected chi connectivity index (χ2v) is 4.71. The van der Waals surface area contributed by atoms with Crippen LogP contribution in [0.5, 0.6) is 0 Å². The highest BCUT2D eigenvalue weighted by Crippen LogP contribution is 2.24. The molecule has 0 spiro atoms. The van der Waals surface area contributed by atoms with Crippen molar-refractivity contribution < 1.29 is 9.53 Å². The summed E-state index contributed by atoms with van der Waals surface area (Å²) >= 11 is 1.65. The molecule has 0 aromatic carbocycles. The van der Waals surface area contributed by atoms with Crippen molar-refractivity contribution in [2.75, 3.05) is 20.2 Å². The zero-order valence-electron chi connectivity index (χ0n) is 9.47. The lowest BCUT2D eigenvalue weighted by Crippen LogP contribution is -2.36. The first-order valence-corrected chi connectivity index (χ1v) is 6.24. The molecule has 0 radical (unpaired) electrons. The third-order valence-electron chi connectivity index (χ3n) is 2.79. The second kappa shape index (κ2) is 4.95. The Bertz CT molecular complexity index is 353. The predicted octanol–water partition coefficient (Wildman–Crippen LogP) is 1.21. The van der Waals surface area contributed by atoms with E-state index in [2.05, 4.69) is 10.7 Å². The molecule has 2 heterocycles. The van der Waals surface area contributed by atoms with E-state index in [0.29, 0.717) is 13.1 Å². The van der Waals surface area contributed by atoms with E-state index in [9.17, 15) is 4.79 Å². The van der Waals surface area contributed by atoms with Gasteiger partial charge in [0.2, 0.25) is 5.91 Å². The average molecular weight is 240 g/mol. The van der Waals surface area contributed by atoms with E-state index in [1.54, 1.807) is 18.4 Å². The molecule has 1 fully saturated rings. The van der Waals surface area contributed by atoms with Gasteiger partial charge in [0.05, 0.1) is 12.6 Å². The Labute approximate surface area is 99.2 Å². The number of hydrogen-bond acceptors (Lipinski definition) is 4. The molecule has 2 unspecified atom stereocenters. The molecule has 1 aromatic heterocycles. The van der Waals surface area contributed by atoms with Crippen LogP contribution in [0.25, 0.3) is 0 Å². The van der Waals surface area contributed by atoms with Gasteiger partial charge in [-0.3, -0.25) is 10.1 Å². The number of nitrogens with zero attached hydrogens (tertiary/aromatic N) is 1. The summed E-state index contributed by atoms with van der Waals surface area (Å²) < 4.78 is 5.21. The van der Waals surface area contributed by atoms with Gasteiger partial charge in [-0.05, 0) is 29.3 Å². The SMILES string of the molecule is COC(C)CN1C(=O)CNC1c1ccsc1. The fourth-order valence-electron chi connectivity index (χ4n) is 1.83. The maximum absolute atomic E-state index is 11.7. The normalized spacial score (nSPS) is 22.8. The van der Waals surface area contributed by atoms with E-state index >= 15 is 0 Å². The number of methoxy groups -OCH3 is 1. The van der Waals surface area contributed by atoms with Crippen LogP contribution in [-0.4, -0.2) is 37.1 Å². The topological polar surface area (TPSA) is 41.6 Å². The van der Waals surface area contributed by atoms with Gasteiger partial charge in [0.15, 0.2) is 0 Å². The maximum Gasteiger partial charge on any atom is 0.238 e. The van der Waals surface area contributed by atoms with Crippen LogP contribution < -0.4 is 5.32 Å². The molecule has 0 saturated carbocycles. The van der Waals surface area contributed by atoms with Crippen LogP contribution in [-0.2, 0) is 9.53 Å². The molecular formula is C11H16N2O2S. The molecule has 1 amide bonds. The largest absolute Gasteiger partial charge is 0.380 e. The van der Waals surface area contributed by atoms with Gasteiger partial charge >= 0.3 is 0 Å². The number of amides is 1. The lowest BCUT2D eigenvalue weighted by atomic mass is 10.2. The Morgan fingerprint density at radius 3 is 3.19 bits per heavy atom. The first kappa shape index (κ1) is 11.6. The van der Waals surface area contributed by atoms with Gasteiger partial charge in [0.25, 0.3) is 0 Å². The average Bonchev–Trinajstić information content (AvgIpc) is 2.89. The van der Waals surface area contributed by atoms with Crippen LogP contribution in [0.3, 0.4) is 0 Å². The summed E-state index contributed by atoms with van der Waals surface area (Å²) in [6, 6.07) is 2.05. The zero-order valence-corrected chi connectivity index (χ0v) is 10.3. The minimum atomic E-state index is 0.0105. The van der Waals surface area contributed by atoms with Crippen LogP contribution >= 0.6 is 11.3 Å². The Kier molecular flexibility index (Phi) is 3.58. The highest BCUT2D eigenvalue weighted by molar-refractivity contribution is 7.07. The first-order chi connectivity index (χ1) is 7.72. The second-order valence-electron chi connectivity index (χ2n) is 3.93. The standard InChI is InChI=1S/C11H16N2O2S/c1-8(15-2)6-13-10(14)5-12-11(13)9-3-4-16-7-9/h3-4,7-8,11-12H,5-6H2,1-2H3. The molecule has 1 aromatic rings. The number of carbonyl (C=O) groups is 1. The molecule has 0 aliphatic carbocycles. The van der Waals surface area contributed by atoms with Crippen LogP contribution in [0.2, 0.25) is 0 Å². The van der Waals surface area contributed by atoms with Crippen LogP contribution in [0.15, 0.2) is 16.8 Å². The van der Waals surface area contributed by atoms with E-state index in [4.69, 9.17) is 4.74 Å². The van der Waals surface area contributed by atoms with Gasteiger partial charge in [-0.1, -0.05) is 0 Å². The Balaban J connectivity index is 2.10. The van der Waals surface area contributed by atoms with Crippen molar-refractivity contribution >= 4 is 17.2 Å². The van der Waals surface area contributed by atoms with Crippen molar-refractivity contribution in [3.63, 3.8) is 0 Å². The zero-order chi connectivity index (χ0) is 11.5. The van der Waals surface area contributed by atoms with Gasteiger partial charge in [-0.2, -0.15) is 11.3 Å². The molecule has 88 valence electrons. The minimum absolute atomic E-state index is 0.0105. The molecule has 1 aliphatic rings. The quantitative estimate of drug-likeness (QED) is 0.860. The molecule has 4 nitrogen and oxygen atoms in total. The number of ether oxygens (including phenoxy) is 1. The van der Waals surface area contributed by atoms with Crippen molar-refractivity contribution in [2.24, 2.45) is 0 Å². The molecule has 1 saturated heterocycles. The third-order valence-corrected chi connectivity index (χ3v) is 3.50. The third kappa shape index (κ3) is 2.26. The van der Waals surface area contributed by atoms with Crippen molar-refractivity contribution in [1.82, 2.24) is 10.2 Å². The van der Waals surface area contributed by atoms with E-state index in [1.807, 2.05) is 23.3 Å². The summed E-state index contributed by atoms with van der Waals surface area (Å²) in [6.45, 7) is 3.01. The summed E-state index contributed by atoms with van der Waals surface area (Å²) in [5, 5.41) is 7.31. The molecule has 5 heteroatoms. The first-order valence-electron chi connectivity index (χ1n) is 5.30. The van der Waals surface area contributed by atoms with Crippen molar-refractivity contribution in [1.29, 1.82) is 0 Å². The molecular weight excluding hydrogens is 224 g/mol. The molecule has 0 bridgehead atoms. The van der Waals surface area contributed by atoms with Crippen LogP contribution in [0, 0.1) is 0 Å². The van der Waals surface area contributed by atoms with E-state index in [-0.39, 0.29) is 18.2 Å². The van der Waals surface area contributed by atoms with E-state index in [0.717, 1.165) is 5.56 Å². The number of carbonyl (C=O) groups excluding carboxylic acids is 1. The fourth-order valence-corrected chi connectivity index (χ4v) is 2.51. The summed E-state index contributed by atoms with van der Waals surface area (Å²) in [5.41, 5.74) is 1.15. The Morgan fingerprint density at radius 2 is 2.56 bits per heavy atom. The van der Waals surface area contributed by atoms with Gasteiger partial charge in [-0.25, -0.2) is 0 Å². The lowest BCUT2D eigenvalue weighted by molar-refractivity contribution is -0.129. The Morgan fingerprint density at radius 1 is 1.75 bits per heavy atom. The summed E-state index contributed by atoms with van der Waals surface area (Å²) in [4.78, 5) is 13.6. The maximum atomic E-state index is 11.7. The van der Waals surface area contributed by atoms with Crippen LogP contribution in [0.4, 0.5) is 0 Å². The van der Waals surface area contributed by atoms with Gasteiger partial charge < -0.3 is 9.64 Å². The monoisotopic (exact) mass is 240 g/mol. The van der Waals surface area contributed by atoms with E-state index < -0.39 is 0 Å². The molecule has 2 rings (SSSR count). The predicted molar refractivity (Wildman–Crippen MR) is 63.2 cm³/mol. The highest BCUT2D eigenvalue weighted by atomic mass is 32.1. The van der Waals surface area contributed by atoms with Crippen molar-refractivity contribution in [2.45, 2.75) is 19.2 Å². The number of thiophene rings is 1. The highest BCUT2D eigenvalue weighted by Gasteiger charge is 2.32. The summed E-state index contributed by atoms with van der Waals surface area (Å²) in [7, 11) is 1.66. The van der Waals surface area contributed by atoms with Gasteiger partial charge in [0, 0.05) is 13.7 Å². The number of hydrogen-bond donors (Lipinski definition) is 1. The lowest BCUT2D eigenvalue weighted by Gasteiger charge is -2.26. The molecule has 1 N–H and O–H groups in total. The molecule has 16 heavy (non-hydrogen) atoms. The Hall–Kier alpha value is -0.910. The van der Waals surface area contributed by atoms with Crippen molar-refractivity contribution in [3.8, 4) is 0 Å². The van der Waals surface area contributed by atoms with Gasteiger partial charge in [0.1, 0.15) is 6.17 Å². The fraction of sp³-hybridized carbons (Fsp3) is 0.545. The summed E-state index contributed by atoms with van der Waals surface area (Å²) in [6.07, 6.45) is 0.0707. The minimum Gasteiger partial charge on any atom is -0.380 e. The smallest absolute Gasteiger partial charge is 0.238 e.